The number of thiazole rings is 1. The van der Waals surface area contributed by atoms with Gasteiger partial charge in [0.2, 0.25) is 0 Å². The number of esters is 1. The molecule has 0 bridgehead atoms. The molecule has 19 heavy (non-hydrogen) atoms. The summed E-state index contributed by atoms with van der Waals surface area (Å²) in [6, 6.07) is 0. The molecule has 0 saturated carbocycles. The first-order valence-electron chi connectivity index (χ1n) is 5.62. The van der Waals surface area contributed by atoms with Gasteiger partial charge in [0.25, 0.3) is 0 Å². The fourth-order valence-electron chi connectivity index (χ4n) is 1.50. The maximum atomic E-state index is 11.3. The van der Waals surface area contributed by atoms with Crippen LogP contribution in [0.15, 0.2) is 17.9 Å². The predicted octanol–water partition coefficient (Wildman–Crippen LogP) is 1.66. The molecular weight excluding hydrogens is 264 g/mol. The minimum absolute atomic E-state index is 0.202. The number of rotatable bonds is 4. The number of hydrogen-bond acceptors (Lipinski definition) is 7. The number of methoxy groups -OCH3 is 1. The summed E-state index contributed by atoms with van der Waals surface area (Å²) >= 11 is 1.61. The van der Waals surface area contributed by atoms with Crippen LogP contribution in [0.2, 0.25) is 0 Å². The molecule has 7 heteroatoms. The van der Waals surface area contributed by atoms with Gasteiger partial charge in [0.05, 0.1) is 37.3 Å². The first kappa shape index (κ1) is 13.4. The molecule has 0 amide bonds. The van der Waals surface area contributed by atoms with Crippen molar-refractivity contribution in [3.63, 3.8) is 0 Å². The highest BCUT2D eigenvalue weighted by molar-refractivity contribution is 7.09. The lowest BCUT2D eigenvalue weighted by atomic mass is 10.3. The van der Waals surface area contributed by atoms with Crippen molar-refractivity contribution in [2.24, 2.45) is 0 Å². The van der Waals surface area contributed by atoms with Crippen LogP contribution in [0.3, 0.4) is 0 Å². The molecule has 0 unspecified atom stereocenters. The number of aromatic nitrogens is 3. The van der Waals surface area contributed by atoms with Gasteiger partial charge in [0, 0.05) is 11.9 Å². The van der Waals surface area contributed by atoms with Crippen molar-refractivity contribution < 1.29 is 9.53 Å². The van der Waals surface area contributed by atoms with Crippen molar-refractivity contribution in [3.05, 3.63) is 34.2 Å². The highest BCUT2D eigenvalue weighted by atomic mass is 32.1. The van der Waals surface area contributed by atoms with E-state index in [0.29, 0.717) is 12.4 Å². The molecule has 2 aromatic heterocycles. The molecule has 0 radical (unpaired) electrons. The molecular formula is C12H14N4O2S. The van der Waals surface area contributed by atoms with Gasteiger partial charge in [-0.2, -0.15) is 0 Å². The van der Waals surface area contributed by atoms with Gasteiger partial charge in [-0.3, -0.25) is 0 Å². The van der Waals surface area contributed by atoms with E-state index in [9.17, 15) is 4.79 Å². The van der Waals surface area contributed by atoms with Crippen molar-refractivity contribution in [2.45, 2.75) is 13.5 Å². The molecule has 0 aliphatic carbocycles. The average Bonchev–Trinajstić information content (AvgIpc) is 2.83. The lowest BCUT2D eigenvalue weighted by Gasteiger charge is -2.16. The second kappa shape index (κ2) is 5.75. The van der Waals surface area contributed by atoms with E-state index in [1.807, 2.05) is 24.4 Å². The average molecular weight is 278 g/mol. The number of anilines is 1. The molecule has 0 atom stereocenters. The van der Waals surface area contributed by atoms with Crippen LogP contribution in [0.25, 0.3) is 0 Å². The van der Waals surface area contributed by atoms with Gasteiger partial charge in [-0.1, -0.05) is 0 Å². The molecule has 100 valence electrons. The SMILES string of the molecule is COC(=O)c1cnc(N(C)Cc2scnc2C)cn1. The van der Waals surface area contributed by atoms with Crippen molar-refractivity contribution in [1.82, 2.24) is 15.0 Å². The second-order valence-corrected chi connectivity index (χ2v) is 4.91. The number of nitrogens with zero attached hydrogens (tertiary/aromatic N) is 4. The molecule has 6 nitrogen and oxygen atoms in total. The van der Waals surface area contributed by atoms with Gasteiger partial charge >= 0.3 is 5.97 Å². The lowest BCUT2D eigenvalue weighted by Crippen LogP contribution is -2.18. The van der Waals surface area contributed by atoms with Crippen LogP contribution < -0.4 is 4.90 Å². The van der Waals surface area contributed by atoms with Crippen LogP contribution in [0.5, 0.6) is 0 Å². The standard InChI is InChI=1S/C12H14N4O2S/c1-8-10(19-7-15-8)6-16(2)11-5-13-9(4-14-11)12(17)18-3/h4-5,7H,6H2,1-3H3. The first-order chi connectivity index (χ1) is 9.11. The molecule has 2 heterocycles. The van der Waals surface area contributed by atoms with Gasteiger partial charge in [-0.15, -0.1) is 11.3 Å². The molecule has 2 aromatic rings. The third-order valence-corrected chi connectivity index (χ3v) is 3.57. The summed E-state index contributed by atoms with van der Waals surface area (Å²) in [5.41, 5.74) is 3.05. The van der Waals surface area contributed by atoms with E-state index in [2.05, 4.69) is 19.7 Å². The smallest absolute Gasteiger partial charge is 0.358 e. The molecule has 0 spiro atoms. The number of hydrogen-bond donors (Lipinski definition) is 0. The summed E-state index contributed by atoms with van der Waals surface area (Å²) in [6.45, 7) is 2.69. The Hall–Kier alpha value is -2.02. The fraction of sp³-hybridized carbons (Fsp3) is 0.333. The Morgan fingerprint density at radius 3 is 2.68 bits per heavy atom. The summed E-state index contributed by atoms with van der Waals surface area (Å²) in [5, 5.41) is 0. The summed E-state index contributed by atoms with van der Waals surface area (Å²) in [6.07, 6.45) is 2.97. The van der Waals surface area contributed by atoms with E-state index in [1.165, 1.54) is 18.2 Å². The first-order valence-corrected chi connectivity index (χ1v) is 6.50. The van der Waals surface area contributed by atoms with Gasteiger partial charge in [0.15, 0.2) is 5.69 Å². The van der Waals surface area contributed by atoms with E-state index in [4.69, 9.17) is 0 Å². The van der Waals surface area contributed by atoms with Crippen molar-refractivity contribution in [2.75, 3.05) is 19.1 Å². The van der Waals surface area contributed by atoms with Crippen LogP contribution in [-0.2, 0) is 11.3 Å². The van der Waals surface area contributed by atoms with Gasteiger partial charge in [-0.05, 0) is 6.92 Å². The summed E-state index contributed by atoms with van der Waals surface area (Å²) in [4.78, 5) is 26.8. The molecule has 2 rings (SSSR count). The van der Waals surface area contributed by atoms with E-state index < -0.39 is 5.97 Å². The van der Waals surface area contributed by atoms with Gasteiger partial charge in [-0.25, -0.2) is 19.7 Å². The summed E-state index contributed by atoms with van der Waals surface area (Å²) in [5.74, 6) is 0.209. The van der Waals surface area contributed by atoms with E-state index in [0.717, 1.165) is 5.69 Å². The van der Waals surface area contributed by atoms with E-state index in [-0.39, 0.29) is 5.69 Å². The Labute approximate surface area is 115 Å². The lowest BCUT2D eigenvalue weighted by molar-refractivity contribution is 0.0593. The van der Waals surface area contributed by atoms with Crippen LogP contribution >= 0.6 is 11.3 Å². The van der Waals surface area contributed by atoms with Crippen LogP contribution in [0.1, 0.15) is 21.1 Å². The topological polar surface area (TPSA) is 68.2 Å². The Bertz CT molecular complexity index is 567. The monoisotopic (exact) mass is 278 g/mol. The third kappa shape index (κ3) is 3.05. The van der Waals surface area contributed by atoms with E-state index in [1.54, 1.807) is 17.5 Å². The highest BCUT2D eigenvalue weighted by Gasteiger charge is 2.11. The maximum absolute atomic E-state index is 11.3. The minimum atomic E-state index is -0.486. The number of aryl methyl sites for hydroxylation is 1. The van der Waals surface area contributed by atoms with Crippen molar-refractivity contribution >= 4 is 23.1 Å². The van der Waals surface area contributed by atoms with Gasteiger partial charge in [0.1, 0.15) is 5.82 Å². The second-order valence-electron chi connectivity index (χ2n) is 3.97. The van der Waals surface area contributed by atoms with Crippen molar-refractivity contribution in [3.8, 4) is 0 Å². The highest BCUT2D eigenvalue weighted by Crippen LogP contribution is 2.17. The Morgan fingerprint density at radius 2 is 2.16 bits per heavy atom. The Kier molecular flexibility index (Phi) is 4.06. The third-order valence-electron chi connectivity index (χ3n) is 2.65. The molecule has 0 fully saturated rings. The van der Waals surface area contributed by atoms with Crippen LogP contribution in [0.4, 0.5) is 5.82 Å². The quantitative estimate of drug-likeness (QED) is 0.792. The number of carbonyl (C=O) groups excluding carboxylic acids is 1. The predicted molar refractivity (Wildman–Crippen MR) is 72.3 cm³/mol. The minimum Gasteiger partial charge on any atom is -0.464 e. The molecule has 0 aromatic carbocycles. The molecule has 0 N–H and O–H groups in total. The zero-order valence-electron chi connectivity index (χ0n) is 11.0. The Morgan fingerprint density at radius 1 is 1.37 bits per heavy atom. The maximum Gasteiger partial charge on any atom is 0.358 e. The summed E-state index contributed by atoms with van der Waals surface area (Å²) in [7, 11) is 3.23. The van der Waals surface area contributed by atoms with Crippen molar-refractivity contribution in [1.29, 1.82) is 0 Å². The fourth-order valence-corrected chi connectivity index (χ4v) is 2.33. The molecule has 0 aliphatic rings. The number of ether oxygens (including phenoxy) is 1. The van der Waals surface area contributed by atoms with E-state index >= 15 is 0 Å². The molecule has 0 saturated heterocycles. The zero-order valence-corrected chi connectivity index (χ0v) is 11.8. The number of carbonyl (C=O) groups is 1. The molecule has 0 aliphatic heterocycles. The van der Waals surface area contributed by atoms with Crippen LogP contribution in [0, 0.1) is 6.92 Å². The zero-order chi connectivity index (χ0) is 13.8. The van der Waals surface area contributed by atoms with Gasteiger partial charge < -0.3 is 9.64 Å². The normalized spacial score (nSPS) is 10.3. The largest absolute Gasteiger partial charge is 0.464 e. The Balaban J connectivity index is 2.09. The summed E-state index contributed by atoms with van der Waals surface area (Å²) < 4.78 is 4.58. The van der Waals surface area contributed by atoms with Crippen LogP contribution in [-0.4, -0.2) is 35.1 Å².